The van der Waals surface area contributed by atoms with Crippen molar-refractivity contribution >= 4 is 5.97 Å². The predicted molar refractivity (Wildman–Crippen MR) is 68.2 cm³/mol. The van der Waals surface area contributed by atoms with Crippen molar-refractivity contribution in [2.24, 2.45) is 0 Å². The summed E-state index contributed by atoms with van der Waals surface area (Å²) in [6.07, 6.45) is 14.8. The zero-order valence-electron chi connectivity index (χ0n) is 10.2. The minimum atomic E-state index is -0.286. The third-order valence-electron chi connectivity index (χ3n) is 1.99. The summed E-state index contributed by atoms with van der Waals surface area (Å²) in [5, 5.41) is 0. The molecule has 0 bridgehead atoms. The Morgan fingerprint density at radius 1 is 1.19 bits per heavy atom. The number of allylic oxidation sites excluding steroid dienone is 3. The Bertz CT molecular complexity index is 239. The second-order valence-corrected chi connectivity index (χ2v) is 3.49. The summed E-state index contributed by atoms with van der Waals surface area (Å²) >= 11 is 0. The molecule has 0 N–H and O–H groups in total. The molecular weight excluding hydrogens is 200 g/mol. The molecule has 2 heteroatoms. The molecule has 0 aromatic heterocycles. The SMILES string of the molecule is C=CCOC(=O)C=CCCCCC=CCC. The Kier molecular flexibility index (Phi) is 10.8. The fourth-order valence-electron chi connectivity index (χ4n) is 1.18. The van der Waals surface area contributed by atoms with Crippen LogP contribution >= 0.6 is 0 Å². The van der Waals surface area contributed by atoms with E-state index in [1.165, 1.54) is 12.5 Å². The van der Waals surface area contributed by atoms with Crippen molar-refractivity contribution in [3.05, 3.63) is 37.0 Å². The summed E-state index contributed by atoms with van der Waals surface area (Å²) in [7, 11) is 0. The monoisotopic (exact) mass is 222 g/mol. The van der Waals surface area contributed by atoms with Gasteiger partial charge < -0.3 is 4.74 Å². The van der Waals surface area contributed by atoms with Gasteiger partial charge in [-0.2, -0.15) is 0 Å². The van der Waals surface area contributed by atoms with Crippen LogP contribution in [-0.4, -0.2) is 12.6 Å². The number of ether oxygens (including phenoxy) is 1. The van der Waals surface area contributed by atoms with Crippen molar-refractivity contribution in [1.82, 2.24) is 0 Å². The maximum absolute atomic E-state index is 11.0. The number of rotatable bonds is 9. The molecule has 0 fully saturated rings. The molecule has 0 aromatic carbocycles. The van der Waals surface area contributed by atoms with E-state index < -0.39 is 0 Å². The number of unbranched alkanes of at least 4 members (excludes halogenated alkanes) is 3. The predicted octanol–water partition coefficient (Wildman–Crippen LogP) is 3.80. The molecule has 0 aliphatic heterocycles. The Hall–Kier alpha value is -1.31. The molecule has 0 saturated heterocycles. The summed E-state index contributed by atoms with van der Waals surface area (Å²) < 4.78 is 4.80. The largest absolute Gasteiger partial charge is 0.458 e. The quantitative estimate of drug-likeness (QED) is 0.257. The van der Waals surface area contributed by atoms with Gasteiger partial charge >= 0.3 is 5.97 Å². The van der Waals surface area contributed by atoms with Gasteiger partial charge in [-0.25, -0.2) is 4.79 Å². The van der Waals surface area contributed by atoms with Gasteiger partial charge in [-0.3, -0.25) is 0 Å². The number of carbonyl (C=O) groups is 1. The lowest BCUT2D eigenvalue weighted by atomic mass is 10.2. The number of hydrogen-bond acceptors (Lipinski definition) is 2. The molecule has 90 valence electrons. The third kappa shape index (κ3) is 10.8. The number of esters is 1. The van der Waals surface area contributed by atoms with E-state index in [-0.39, 0.29) is 12.6 Å². The van der Waals surface area contributed by atoms with Crippen LogP contribution in [0.15, 0.2) is 37.0 Å². The lowest BCUT2D eigenvalue weighted by molar-refractivity contribution is -0.136. The van der Waals surface area contributed by atoms with Gasteiger partial charge in [0.25, 0.3) is 0 Å². The minimum Gasteiger partial charge on any atom is -0.458 e. The normalized spacial score (nSPS) is 11.1. The van der Waals surface area contributed by atoms with E-state index in [1.54, 1.807) is 6.08 Å². The molecule has 0 heterocycles. The van der Waals surface area contributed by atoms with Gasteiger partial charge in [0.15, 0.2) is 0 Å². The first-order valence-electron chi connectivity index (χ1n) is 5.90. The Balaban J connectivity index is 3.36. The average molecular weight is 222 g/mol. The van der Waals surface area contributed by atoms with Crippen LogP contribution in [0, 0.1) is 0 Å². The van der Waals surface area contributed by atoms with Gasteiger partial charge in [-0.15, -0.1) is 0 Å². The first kappa shape index (κ1) is 14.7. The number of hydrogen-bond donors (Lipinski definition) is 0. The maximum atomic E-state index is 11.0. The highest BCUT2D eigenvalue weighted by Gasteiger charge is 1.92. The van der Waals surface area contributed by atoms with Gasteiger partial charge in [0.1, 0.15) is 6.61 Å². The highest BCUT2D eigenvalue weighted by Crippen LogP contribution is 2.02. The zero-order valence-corrected chi connectivity index (χ0v) is 10.2. The van der Waals surface area contributed by atoms with E-state index in [0.29, 0.717) is 0 Å². The summed E-state index contributed by atoms with van der Waals surface area (Å²) in [5.74, 6) is -0.286. The van der Waals surface area contributed by atoms with Crippen LogP contribution in [0.4, 0.5) is 0 Å². The van der Waals surface area contributed by atoms with Crippen LogP contribution < -0.4 is 0 Å². The molecule has 0 radical (unpaired) electrons. The lowest BCUT2D eigenvalue weighted by Gasteiger charge is -1.95. The van der Waals surface area contributed by atoms with Crippen molar-refractivity contribution in [3.8, 4) is 0 Å². The van der Waals surface area contributed by atoms with Crippen LogP contribution in [-0.2, 0) is 9.53 Å². The van der Waals surface area contributed by atoms with Gasteiger partial charge in [0.2, 0.25) is 0 Å². The van der Waals surface area contributed by atoms with Crippen molar-refractivity contribution in [2.45, 2.75) is 39.0 Å². The molecular formula is C14H22O2. The Morgan fingerprint density at radius 3 is 2.50 bits per heavy atom. The highest BCUT2D eigenvalue weighted by molar-refractivity contribution is 5.81. The Labute approximate surface area is 98.7 Å². The second kappa shape index (κ2) is 11.8. The average Bonchev–Trinajstić information content (AvgIpc) is 2.30. The van der Waals surface area contributed by atoms with Crippen molar-refractivity contribution < 1.29 is 9.53 Å². The minimum absolute atomic E-state index is 0.283. The molecule has 0 aliphatic rings. The molecule has 0 unspecified atom stereocenters. The molecule has 2 nitrogen and oxygen atoms in total. The Morgan fingerprint density at radius 2 is 1.88 bits per heavy atom. The molecule has 0 aliphatic carbocycles. The van der Waals surface area contributed by atoms with E-state index in [1.807, 2.05) is 6.08 Å². The van der Waals surface area contributed by atoms with Crippen molar-refractivity contribution in [1.29, 1.82) is 0 Å². The summed E-state index contributed by atoms with van der Waals surface area (Å²) in [4.78, 5) is 11.0. The zero-order chi connectivity index (χ0) is 12.1. The molecule has 0 aromatic rings. The molecule has 0 saturated carbocycles. The smallest absolute Gasteiger partial charge is 0.330 e. The van der Waals surface area contributed by atoms with Crippen LogP contribution in [0.25, 0.3) is 0 Å². The third-order valence-corrected chi connectivity index (χ3v) is 1.99. The fraction of sp³-hybridized carbons (Fsp3) is 0.500. The van der Waals surface area contributed by atoms with Crippen molar-refractivity contribution in [3.63, 3.8) is 0 Å². The van der Waals surface area contributed by atoms with Crippen molar-refractivity contribution in [2.75, 3.05) is 6.61 Å². The topological polar surface area (TPSA) is 26.3 Å². The molecule has 0 rings (SSSR count). The number of carbonyl (C=O) groups excluding carboxylic acids is 1. The summed E-state index contributed by atoms with van der Waals surface area (Å²) in [6.45, 7) is 5.89. The standard InChI is InChI=1S/C14H22O2/c1-3-5-6-7-8-9-10-11-12-14(15)16-13-4-2/h4-6,11-12H,2-3,7-10,13H2,1H3. The van der Waals surface area contributed by atoms with Crippen LogP contribution in [0.1, 0.15) is 39.0 Å². The second-order valence-electron chi connectivity index (χ2n) is 3.49. The molecule has 0 atom stereocenters. The molecule has 16 heavy (non-hydrogen) atoms. The first-order valence-corrected chi connectivity index (χ1v) is 5.90. The fourth-order valence-corrected chi connectivity index (χ4v) is 1.18. The first-order chi connectivity index (χ1) is 7.81. The van der Waals surface area contributed by atoms with Crippen LogP contribution in [0.3, 0.4) is 0 Å². The van der Waals surface area contributed by atoms with Gasteiger partial charge in [0, 0.05) is 6.08 Å². The highest BCUT2D eigenvalue weighted by atomic mass is 16.5. The molecule has 0 spiro atoms. The van der Waals surface area contributed by atoms with Crippen LogP contribution in [0.5, 0.6) is 0 Å². The van der Waals surface area contributed by atoms with Gasteiger partial charge in [-0.05, 0) is 32.1 Å². The van der Waals surface area contributed by atoms with E-state index in [0.717, 1.165) is 25.7 Å². The maximum Gasteiger partial charge on any atom is 0.330 e. The van der Waals surface area contributed by atoms with Crippen LogP contribution in [0.2, 0.25) is 0 Å². The van der Waals surface area contributed by atoms with E-state index in [2.05, 4.69) is 25.7 Å². The van der Waals surface area contributed by atoms with Gasteiger partial charge in [-0.1, -0.05) is 37.8 Å². The summed E-state index contributed by atoms with van der Waals surface area (Å²) in [5.41, 5.74) is 0. The lowest BCUT2D eigenvalue weighted by Crippen LogP contribution is -1.99. The molecule has 0 amide bonds. The van der Waals surface area contributed by atoms with E-state index in [9.17, 15) is 4.79 Å². The van der Waals surface area contributed by atoms with Gasteiger partial charge in [0.05, 0.1) is 0 Å². The van der Waals surface area contributed by atoms with E-state index in [4.69, 9.17) is 4.74 Å². The summed E-state index contributed by atoms with van der Waals surface area (Å²) in [6, 6.07) is 0. The van der Waals surface area contributed by atoms with E-state index >= 15 is 0 Å².